The quantitative estimate of drug-likeness (QED) is 0.541. The van der Waals surface area contributed by atoms with Gasteiger partial charge in [0.15, 0.2) is 0 Å². The molecule has 0 unspecified atom stereocenters. The van der Waals surface area contributed by atoms with Gasteiger partial charge in [0.25, 0.3) is 5.91 Å². The van der Waals surface area contributed by atoms with Gasteiger partial charge in [-0.1, -0.05) is 31.4 Å². The molecule has 1 aromatic heterocycles. The lowest BCUT2D eigenvalue weighted by atomic mass is 9.94. The van der Waals surface area contributed by atoms with Gasteiger partial charge in [0.1, 0.15) is 11.5 Å². The third kappa shape index (κ3) is 5.02. The predicted octanol–water partition coefficient (Wildman–Crippen LogP) is 5.35. The molecule has 0 bridgehead atoms. The number of amides is 1. The zero-order valence-electron chi connectivity index (χ0n) is 18.0. The summed E-state index contributed by atoms with van der Waals surface area (Å²) < 4.78 is 10.8. The Hall–Kier alpha value is -3.41. The average molecular weight is 418 g/mol. The summed E-state index contributed by atoms with van der Waals surface area (Å²) in [4.78, 5) is 23.3. The van der Waals surface area contributed by atoms with E-state index in [4.69, 9.17) is 9.47 Å². The monoisotopic (exact) mass is 417 g/mol. The first-order valence-electron chi connectivity index (χ1n) is 10.7. The van der Waals surface area contributed by atoms with Crippen molar-refractivity contribution in [3.8, 4) is 28.6 Å². The minimum atomic E-state index is 0.0814. The van der Waals surface area contributed by atoms with Crippen LogP contribution in [0.1, 0.15) is 42.5 Å². The van der Waals surface area contributed by atoms with Crippen molar-refractivity contribution in [2.24, 2.45) is 0 Å². The van der Waals surface area contributed by atoms with E-state index in [-0.39, 0.29) is 11.9 Å². The summed E-state index contributed by atoms with van der Waals surface area (Å²) in [6, 6.07) is 15.5. The summed E-state index contributed by atoms with van der Waals surface area (Å²) in [7, 11) is 3.54. The van der Waals surface area contributed by atoms with E-state index in [0.717, 1.165) is 29.7 Å². The molecule has 160 valence electrons. The van der Waals surface area contributed by atoms with E-state index in [1.807, 2.05) is 48.3 Å². The summed E-state index contributed by atoms with van der Waals surface area (Å²) in [5.74, 6) is 1.48. The highest BCUT2D eigenvalue weighted by molar-refractivity contribution is 5.94. The van der Waals surface area contributed by atoms with E-state index < -0.39 is 0 Å². The van der Waals surface area contributed by atoms with Gasteiger partial charge in [0.2, 0.25) is 0 Å². The number of carbonyl (C=O) groups excluding carboxylic acids is 1. The van der Waals surface area contributed by atoms with Crippen LogP contribution in [-0.4, -0.2) is 41.0 Å². The molecule has 1 heterocycles. The molecule has 1 fully saturated rings. The van der Waals surface area contributed by atoms with Crippen molar-refractivity contribution in [1.82, 2.24) is 14.9 Å². The van der Waals surface area contributed by atoms with Gasteiger partial charge in [-0.15, -0.1) is 0 Å². The van der Waals surface area contributed by atoms with Gasteiger partial charge in [-0.3, -0.25) is 4.79 Å². The largest absolute Gasteiger partial charge is 0.497 e. The number of ether oxygens (including phenoxy) is 2. The van der Waals surface area contributed by atoms with Gasteiger partial charge in [-0.05, 0) is 54.8 Å². The maximum atomic E-state index is 12.8. The van der Waals surface area contributed by atoms with Crippen LogP contribution in [0, 0.1) is 0 Å². The van der Waals surface area contributed by atoms with Crippen LogP contribution in [-0.2, 0) is 0 Å². The van der Waals surface area contributed by atoms with Crippen LogP contribution in [0.25, 0.3) is 11.1 Å². The van der Waals surface area contributed by atoms with Crippen LogP contribution in [0.4, 0.5) is 0 Å². The number of benzene rings is 2. The Morgan fingerprint density at radius 1 is 0.871 bits per heavy atom. The molecule has 1 amide bonds. The van der Waals surface area contributed by atoms with Gasteiger partial charge in [0, 0.05) is 36.6 Å². The molecule has 4 rings (SSSR count). The Bertz CT molecular complexity index is 996. The van der Waals surface area contributed by atoms with Crippen molar-refractivity contribution in [2.45, 2.75) is 38.1 Å². The second-order valence-corrected chi connectivity index (χ2v) is 7.82. The highest BCUT2D eigenvalue weighted by atomic mass is 16.5. The normalized spacial score (nSPS) is 14.1. The molecule has 0 aliphatic heterocycles. The molecule has 0 N–H and O–H groups in total. The zero-order valence-corrected chi connectivity index (χ0v) is 18.0. The van der Waals surface area contributed by atoms with Crippen molar-refractivity contribution in [3.63, 3.8) is 0 Å². The first-order valence-corrected chi connectivity index (χ1v) is 10.7. The number of hydrogen-bond acceptors (Lipinski definition) is 5. The number of aromatic nitrogens is 2. The van der Waals surface area contributed by atoms with Gasteiger partial charge >= 0.3 is 6.01 Å². The number of hydrogen-bond donors (Lipinski definition) is 0. The number of nitrogens with zero attached hydrogens (tertiary/aromatic N) is 3. The minimum Gasteiger partial charge on any atom is -0.497 e. The standard InChI is InChI=1S/C25H27N3O3/c1-28(21-6-4-3-5-7-21)24(29)19-10-8-18(9-11-19)20-16-26-25(27-17-20)31-23-14-12-22(30-2)13-15-23/h8-17,21H,3-7H2,1-2H3. The lowest BCUT2D eigenvalue weighted by Gasteiger charge is -2.31. The Morgan fingerprint density at radius 2 is 1.48 bits per heavy atom. The molecule has 2 aromatic carbocycles. The lowest BCUT2D eigenvalue weighted by Crippen LogP contribution is -2.38. The first kappa shape index (κ1) is 20.8. The van der Waals surface area contributed by atoms with Crippen LogP contribution in [0.2, 0.25) is 0 Å². The fourth-order valence-corrected chi connectivity index (χ4v) is 3.91. The molecule has 1 aliphatic rings. The van der Waals surface area contributed by atoms with E-state index in [1.54, 1.807) is 31.6 Å². The number of carbonyl (C=O) groups is 1. The third-order valence-corrected chi connectivity index (χ3v) is 5.80. The minimum absolute atomic E-state index is 0.0814. The Morgan fingerprint density at radius 3 is 2.10 bits per heavy atom. The molecule has 1 saturated carbocycles. The van der Waals surface area contributed by atoms with Crippen molar-refractivity contribution >= 4 is 5.91 Å². The first-order chi connectivity index (χ1) is 15.1. The Balaban J connectivity index is 1.40. The van der Waals surface area contributed by atoms with Gasteiger partial charge in [-0.25, -0.2) is 9.97 Å². The summed E-state index contributed by atoms with van der Waals surface area (Å²) in [6.45, 7) is 0. The fourth-order valence-electron chi connectivity index (χ4n) is 3.91. The van der Waals surface area contributed by atoms with E-state index >= 15 is 0 Å². The molecule has 31 heavy (non-hydrogen) atoms. The average Bonchev–Trinajstić information content (AvgIpc) is 2.85. The van der Waals surface area contributed by atoms with Crippen molar-refractivity contribution in [3.05, 3.63) is 66.5 Å². The van der Waals surface area contributed by atoms with E-state index in [2.05, 4.69) is 9.97 Å². The highest BCUT2D eigenvalue weighted by Gasteiger charge is 2.22. The molecule has 1 aliphatic carbocycles. The van der Waals surface area contributed by atoms with Crippen LogP contribution in [0.5, 0.6) is 17.5 Å². The van der Waals surface area contributed by atoms with Crippen LogP contribution >= 0.6 is 0 Å². The second kappa shape index (κ2) is 9.60. The second-order valence-electron chi connectivity index (χ2n) is 7.82. The van der Waals surface area contributed by atoms with Crippen molar-refractivity contribution < 1.29 is 14.3 Å². The lowest BCUT2D eigenvalue weighted by molar-refractivity contribution is 0.0696. The molecular formula is C25H27N3O3. The Labute approximate surface area is 182 Å². The molecular weight excluding hydrogens is 390 g/mol. The predicted molar refractivity (Wildman–Crippen MR) is 120 cm³/mol. The van der Waals surface area contributed by atoms with Crippen LogP contribution in [0.3, 0.4) is 0 Å². The van der Waals surface area contributed by atoms with E-state index in [0.29, 0.717) is 17.4 Å². The molecule has 0 atom stereocenters. The van der Waals surface area contributed by atoms with Crippen LogP contribution < -0.4 is 9.47 Å². The molecule has 6 heteroatoms. The smallest absolute Gasteiger partial charge is 0.321 e. The number of methoxy groups -OCH3 is 1. The topological polar surface area (TPSA) is 64.6 Å². The maximum absolute atomic E-state index is 12.8. The van der Waals surface area contributed by atoms with Crippen molar-refractivity contribution in [1.29, 1.82) is 0 Å². The SMILES string of the molecule is COc1ccc(Oc2ncc(-c3ccc(C(=O)N(C)C4CCCCC4)cc3)cn2)cc1. The molecule has 6 nitrogen and oxygen atoms in total. The van der Waals surface area contributed by atoms with Gasteiger partial charge in [0.05, 0.1) is 7.11 Å². The highest BCUT2D eigenvalue weighted by Crippen LogP contribution is 2.25. The van der Waals surface area contributed by atoms with E-state index in [1.165, 1.54) is 19.3 Å². The molecule has 0 saturated heterocycles. The third-order valence-electron chi connectivity index (χ3n) is 5.80. The Kier molecular flexibility index (Phi) is 6.46. The summed E-state index contributed by atoms with van der Waals surface area (Å²) in [6.07, 6.45) is 9.33. The van der Waals surface area contributed by atoms with Crippen molar-refractivity contribution in [2.75, 3.05) is 14.2 Å². The zero-order chi connectivity index (χ0) is 21.6. The fraction of sp³-hybridized carbons (Fsp3) is 0.320. The van der Waals surface area contributed by atoms with E-state index in [9.17, 15) is 4.79 Å². The number of rotatable bonds is 6. The van der Waals surface area contributed by atoms with Gasteiger partial charge in [-0.2, -0.15) is 0 Å². The summed E-state index contributed by atoms with van der Waals surface area (Å²) in [5.41, 5.74) is 2.52. The maximum Gasteiger partial charge on any atom is 0.321 e. The molecule has 0 spiro atoms. The summed E-state index contributed by atoms with van der Waals surface area (Å²) in [5, 5.41) is 0. The molecule has 0 radical (unpaired) electrons. The van der Waals surface area contributed by atoms with Gasteiger partial charge < -0.3 is 14.4 Å². The van der Waals surface area contributed by atoms with Crippen LogP contribution in [0.15, 0.2) is 60.9 Å². The summed E-state index contributed by atoms with van der Waals surface area (Å²) >= 11 is 0. The molecule has 3 aromatic rings.